The lowest BCUT2D eigenvalue weighted by Crippen LogP contribution is -2.35. The standard InChI is InChI=1S/C13H14F3N3S/c1-19(8-10-7-18-12(17)20-10)11(13(14,15)16)9-5-3-2-4-6-9/h2-7,11H,8H2,1H3,(H2,17,18). The second kappa shape index (κ2) is 5.80. The van der Waals surface area contributed by atoms with Crippen molar-refractivity contribution in [2.75, 3.05) is 12.8 Å². The molecule has 20 heavy (non-hydrogen) atoms. The largest absolute Gasteiger partial charge is 0.408 e. The van der Waals surface area contributed by atoms with Crippen LogP contribution < -0.4 is 5.73 Å². The van der Waals surface area contributed by atoms with Gasteiger partial charge >= 0.3 is 6.18 Å². The van der Waals surface area contributed by atoms with E-state index >= 15 is 0 Å². The van der Waals surface area contributed by atoms with Crippen LogP contribution >= 0.6 is 11.3 Å². The molecule has 0 saturated heterocycles. The van der Waals surface area contributed by atoms with E-state index in [0.717, 1.165) is 0 Å². The predicted octanol–water partition coefficient (Wildman–Crippen LogP) is 3.46. The predicted molar refractivity (Wildman–Crippen MR) is 73.2 cm³/mol. The fourth-order valence-electron chi connectivity index (χ4n) is 2.06. The van der Waals surface area contributed by atoms with Crippen molar-refractivity contribution in [2.24, 2.45) is 0 Å². The van der Waals surface area contributed by atoms with Crippen molar-refractivity contribution in [1.82, 2.24) is 9.88 Å². The number of nitrogens with zero attached hydrogens (tertiary/aromatic N) is 2. The van der Waals surface area contributed by atoms with Crippen LogP contribution in [0.15, 0.2) is 36.5 Å². The number of nitrogen functional groups attached to an aromatic ring is 1. The third-order valence-electron chi connectivity index (χ3n) is 2.84. The van der Waals surface area contributed by atoms with E-state index in [9.17, 15) is 13.2 Å². The van der Waals surface area contributed by atoms with E-state index in [2.05, 4.69) is 4.98 Å². The Balaban J connectivity index is 2.23. The molecule has 0 aliphatic rings. The second-order valence-corrected chi connectivity index (χ2v) is 5.58. The van der Waals surface area contributed by atoms with Crippen LogP contribution in [-0.2, 0) is 6.54 Å². The number of aromatic nitrogens is 1. The minimum atomic E-state index is -4.34. The van der Waals surface area contributed by atoms with Gasteiger partial charge in [-0.15, -0.1) is 11.3 Å². The molecule has 1 aromatic heterocycles. The third kappa shape index (κ3) is 3.49. The van der Waals surface area contributed by atoms with Crippen molar-refractivity contribution in [3.05, 3.63) is 47.0 Å². The van der Waals surface area contributed by atoms with Crippen molar-refractivity contribution in [3.63, 3.8) is 0 Å². The summed E-state index contributed by atoms with van der Waals surface area (Å²) in [4.78, 5) is 5.81. The molecule has 2 N–H and O–H groups in total. The van der Waals surface area contributed by atoms with Gasteiger partial charge in [-0.3, -0.25) is 4.90 Å². The quantitative estimate of drug-likeness (QED) is 0.940. The van der Waals surface area contributed by atoms with E-state index < -0.39 is 12.2 Å². The highest BCUT2D eigenvalue weighted by Gasteiger charge is 2.43. The van der Waals surface area contributed by atoms with Gasteiger partial charge < -0.3 is 5.73 Å². The Labute approximate surface area is 118 Å². The van der Waals surface area contributed by atoms with E-state index in [-0.39, 0.29) is 12.1 Å². The summed E-state index contributed by atoms with van der Waals surface area (Å²) in [5, 5.41) is 0.358. The highest BCUT2D eigenvalue weighted by Crippen LogP contribution is 2.37. The summed E-state index contributed by atoms with van der Waals surface area (Å²) in [5.41, 5.74) is 5.72. The lowest BCUT2D eigenvalue weighted by atomic mass is 10.1. The molecule has 2 aromatic rings. The monoisotopic (exact) mass is 301 g/mol. The number of alkyl halides is 3. The molecular formula is C13H14F3N3S. The molecule has 1 unspecified atom stereocenters. The zero-order valence-electron chi connectivity index (χ0n) is 10.8. The highest BCUT2D eigenvalue weighted by molar-refractivity contribution is 7.15. The minimum Gasteiger partial charge on any atom is -0.375 e. The smallest absolute Gasteiger partial charge is 0.375 e. The first-order valence-corrected chi connectivity index (χ1v) is 6.71. The fraction of sp³-hybridized carbons (Fsp3) is 0.308. The lowest BCUT2D eigenvalue weighted by molar-refractivity contribution is -0.184. The molecule has 0 saturated carbocycles. The number of hydrogen-bond acceptors (Lipinski definition) is 4. The summed E-state index contributed by atoms with van der Waals surface area (Å²) in [6.45, 7) is 0.147. The number of thiazole rings is 1. The number of benzene rings is 1. The summed E-state index contributed by atoms with van der Waals surface area (Å²) in [7, 11) is 1.45. The Kier molecular flexibility index (Phi) is 4.29. The van der Waals surface area contributed by atoms with Crippen molar-refractivity contribution in [1.29, 1.82) is 0 Å². The first kappa shape index (κ1) is 14.8. The van der Waals surface area contributed by atoms with Crippen LogP contribution in [0.4, 0.5) is 18.3 Å². The molecule has 0 radical (unpaired) electrons. The summed E-state index contributed by atoms with van der Waals surface area (Å²) in [5.74, 6) is 0. The van der Waals surface area contributed by atoms with Crippen molar-refractivity contribution in [2.45, 2.75) is 18.8 Å². The highest BCUT2D eigenvalue weighted by atomic mass is 32.1. The lowest BCUT2D eigenvalue weighted by Gasteiger charge is -2.29. The molecule has 1 atom stereocenters. The molecule has 7 heteroatoms. The van der Waals surface area contributed by atoms with Crippen LogP contribution in [0.25, 0.3) is 0 Å². The van der Waals surface area contributed by atoms with Crippen LogP contribution in [0, 0.1) is 0 Å². The first-order chi connectivity index (χ1) is 9.38. The molecule has 3 nitrogen and oxygen atoms in total. The molecule has 0 bridgehead atoms. The SMILES string of the molecule is CN(Cc1cnc(N)s1)C(c1ccccc1)C(F)(F)F. The van der Waals surface area contributed by atoms with E-state index in [1.807, 2.05) is 0 Å². The zero-order valence-corrected chi connectivity index (χ0v) is 11.6. The Morgan fingerprint density at radius 2 is 1.95 bits per heavy atom. The summed E-state index contributed by atoms with van der Waals surface area (Å²) >= 11 is 1.20. The van der Waals surface area contributed by atoms with Gasteiger partial charge in [0, 0.05) is 17.6 Å². The molecule has 1 heterocycles. The second-order valence-electron chi connectivity index (χ2n) is 4.43. The van der Waals surface area contributed by atoms with E-state index in [1.165, 1.54) is 41.6 Å². The number of rotatable bonds is 4. The molecule has 1 aromatic carbocycles. The van der Waals surface area contributed by atoms with Gasteiger partial charge in [0.15, 0.2) is 5.13 Å². The van der Waals surface area contributed by atoms with Crippen LogP contribution in [-0.4, -0.2) is 23.1 Å². The molecular weight excluding hydrogens is 287 g/mol. The summed E-state index contributed by atoms with van der Waals surface area (Å²) in [6.07, 6.45) is -2.83. The molecule has 0 amide bonds. The van der Waals surface area contributed by atoms with Crippen LogP contribution in [0.3, 0.4) is 0 Å². The third-order valence-corrected chi connectivity index (χ3v) is 3.65. The number of nitrogens with two attached hydrogens (primary N) is 1. The minimum absolute atomic E-state index is 0.147. The molecule has 108 valence electrons. The van der Waals surface area contributed by atoms with Gasteiger partial charge in [0.2, 0.25) is 0 Å². The average molecular weight is 301 g/mol. The van der Waals surface area contributed by atoms with Crippen LogP contribution in [0.2, 0.25) is 0 Å². The maximum Gasteiger partial charge on any atom is 0.408 e. The Morgan fingerprint density at radius 1 is 1.30 bits per heavy atom. The topological polar surface area (TPSA) is 42.2 Å². The van der Waals surface area contributed by atoms with Gasteiger partial charge in [0.1, 0.15) is 6.04 Å². The van der Waals surface area contributed by atoms with Gasteiger partial charge in [-0.25, -0.2) is 4.98 Å². The Hall–Kier alpha value is -1.60. The van der Waals surface area contributed by atoms with Crippen LogP contribution in [0.5, 0.6) is 0 Å². The van der Waals surface area contributed by atoms with Crippen molar-refractivity contribution < 1.29 is 13.2 Å². The van der Waals surface area contributed by atoms with E-state index in [1.54, 1.807) is 18.2 Å². The molecule has 2 rings (SSSR count). The van der Waals surface area contributed by atoms with E-state index in [4.69, 9.17) is 5.73 Å². The van der Waals surface area contributed by atoms with Gasteiger partial charge in [-0.2, -0.15) is 13.2 Å². The maximum absolute atomic E-state index is 13.3. The maximum atomic E-state index is 13.3. The zero-order chi connectivity index (χ0) is 14.8. The number of halogens is 3. The molecule has 0 fully saturated rings. The van der Waals surface area contributed by atoms with Crippen molar-refractivity contribution in [3.8, 4) is 0 Å². The van der Waals surface area contributed by atoms with Gasteiger partial charge in [0.05, 0.1) is 0 Å². The van der Waals surface area contributed by atoms with E-state index in [0.29, 0.717) is 10.0 Å². The number of hydrogen-bond donors (Lipinski definition) is 1. The van der Waals surface area contributed by atoms with Gasteiger partial charge in [-0.1, -0.05) is 30.3 Å². The Bertz CT molecular complexity index is 553. The molecule has 0 aliphatic carbocycles. The van der Waals surface area contributed by atoms with Gasteiger partial charge in [-0.05, 0) is 12.6 Å². The first-order valence-electron chi connectivity index (χ1n) is 5.90. The Morgan fingerprint density at radius 3 is 2.45 bits per heavy atom. The summed E-state index contributed by atoms with van der Waals surface area (Å²) < 4.78 is 39.9. The normalized spacial score (nSPS) is 13.7. The molecule has 0 spiro atoms. The van der Waals surface area contributed by atoms with Crippen LogP contribution in [0.1, 0.15) is 16.5 Å². The summed E-state index contributed by atoms with van der Waals surface area (Å²) in [6, 6.07) is 6.22. The van der Waals surface area contributed by atoms with Gasteiger partial charge in [0.25, 0.3) is 0 Å². The average Bonchev–Trinajstić information content (AvgIpc) is 2.74. The fourth-order valence-corrected chi connectivity index (χ4v) is 2.81. The van der Waals surface area contributed by atoms with Crippen molar-refractivity contribution >= 4 is 16.5 Å². The number of anilines is 1. The molecule has 0 aliphatic heterocycles.